The maximum absolute atomic E-state index is 9.83. The number of halogens is 2. The summed E-state index contributed by atoms with van der Waals surface area (Å²) in [6.07, 6.45) is 0. The van der Waals surface area contributed by atoms with Gasteiger partial charge in [0.25, 0.3) is 0 Å². The minimum atomic E-state index is 0.122. The smallest absolute Gasteiger partial charge is 0.124 e. The van der Waals surface area contributed by atoms with Gasteiger partial charge in [0.1, 0.15) is 11.5 Å². The van der Waals surface area contributed by atoms with Crippen LogP contribution in [0, 0.1) is 0 Å². The molecule has 16 heavy (non-hydrogen) atoms. The van der Waals surface area contributed by atoms with Gasteiger partial charge in [-0.05, 0) is 24.3 Å². The summed E-state index contributed by atoms with van der Waals surface area (Å²) in [6, 6.07) is 10.3. The Morgan fingerprint density at radius 3 is 1.38 bits per heavy atom. The first kappa shape index (κ1) is 11.5. The van der Waals surface area contributed by atoms with E-state index in [1.807, 2.05) is 12.1 Å². The summed E-state index contributed by atoms with van der Waals surface area (Å²) in [6.45, 7) is 0. The molecule has 2 aromatic carbocycles. The molecule has 2 rings (SSSR count). The van der Waals surface area contributed by atoms with Crippen LogP contribution in [0.15, 0.2) is 45.3 Å². The van der Waals surface area contributed by atoms with Crippen LogP contribution in [0.3, 0.4) is 0 Å². The van der Waals surface area contributed by atoms with Crippen LogP contribution in [-0.2, 0) is 0 Å². The molecule has 0 aliphatic carbocycles. The number of aromatic hydroxyl groups is 2. The highest BCUT2D eigenvalue weighted by Gasteiger charge is 2.15. The second-order valence-corrected chi connectivity index (χ2v) is 4.98. The molecule has 0 aliphatic heterocycles. The number of hydrogen-bond donors (Lipinski definition) is 2. The SMILES string of the molecule is Oc1cccc(Br)c1-c1c(O)cccc1Br. The summed E-state index contributed by atoms with van der Waals surface area (Å²) in [5.74, 6) is 0.244. The lowest BCUT2D eigenvalue weighted by Crippen LogP contribution is -1.84. The van der Waals surface area contributed by atoms with Crippen LogP contribution in [0.4, 0.5) is 0 Å². The average Bonchev–Trinajstić information content (AvgIpc) is 2.21. The van der Waals surface area contributed by atoms with E-state index < -0.39 is 0 Å². The van der Waals surface area contributed by atoms with Crippen molar-refractivity contribution in [2.24, 2.45) is 0 Å². The fourth-order valence-electron chi connectivity index (χ4n) is 1.52. The van der Waals surface area contributed by atoms with Gasteiger partial charge in [0, 0.05) is 20.1 Å². The fourth-order valence-corrected chi connectivity index (χ4v) is 2.63. The molecule has 0 aromatic heterocycles. The molecule has 0 spiro atoms. The molecule has 0 saturated heterocycles. The van der Waals surface area contributed by atoms with Gasteiger partial charge in [-0.25, -0.2) is 0 Å². The van der Waals surface area contributed by atoms with Gasteiger partial charge >= 0.3 is 0 Å². The van der Waals surface area contributed by atoms with Crippen molar-refractivity contribution in [3.05, 3.63) is 45.3 Å². The van der Waals surface area contributed by atoms with Crippen molar-refractivity contribution >= 4 is 31.9 Å². The third-order valence-electron chi connectivity index (χ3n) is 2.23. The van der Waals surface area contributed by atoms with Crippen molar-refractivity contribution in [3.63, 3.8) is 0 Å². The van der Waals surface area contributed by atoms with Crippen LogP contribution < -0.4 is 0 Å². The summed E-state index contributed by atoms with van der Waals surface area (Å²) >= 11 is 6.72. The maximum Gasteiger partial charge on any atom is 0.124 e. The maximum atomic E-state index is 9.83. The molecule has 0 fully saturated rings. The second-order valence-electron chi connectivity index (χ2n) is 3.27. The van der Waals surface area contributed by atoms with Gasteiger partial charge in [0.15, 0.2) is 0 Å². The van der Waals surface area contributed by atoms with Crippen LogP contribution in [-0.4, -0.2) is 10.2 Å². The standard InChI is InChI=1S/C12H8Br2O2/c13-7-3-1-5-9(15)11(7)12-8(14)4-2-6-10(12)16/h1-6,15-16H. The van der Waals surface area contributed by atoms with Crippen LogP contribution in [0.25, 0.3) is 11.1 Å². The molecule has 0 bridgehead atoms. The average molecular weight is 344 g/mol. The molecular formula is C12H8Br2O2. The lowest BCUT2D eigenvalue weighted by Gasteiger charge is -2.11. The fraction of sp³-hybridized carbons (Fsp3) is 0. The highest BCUT2D eigenvalue weighted by atomic mass is 79.9. The molecule has 4 heteroatoms. The lowest BCUT2D eigenvalue weighted by atomic mass is 10.0. The largest absolute Gasteiger partial charge is 0.507 e. The van der Waals surface area contributed by atoms with E-state index in [9.17, 15) is 10.2 Å². The zero-order chi connectivity index (χ0) is 11.7. The van der Waals surface area contributed by atoms with Gasteiger partial charge in [-0.1, -0.05) is 44.0 Å². The van der Waals surface area contributed by atoms with E-state index >= 15 is 0 Å². The van der Waals surface area contributed by atoms with E-state index in [0.29, 0.717) is 11.1 Å². The molecular weight excluding hydrogens is 336 g/mol. The Hall–Kier alpha value is -1.00. The summed E-state index contributed by atoms with van der Waals surface area (Å²) < 4.78 is 1.46. The van der Waals surface area contributed by atoms with Crippen molar-refractivity contribution in [2.75, 3.05) is 0 Å². The molecule has 0 heterocycles. The number of rotatable bonds is 1. The molecule has 2 nitrogen and oxygen atoms in total. The second kappa shape index (κ2) is 4.47. The highest BCUT2D eigenvalue weighted by molar-refractivity contribution is 9.11. The number of phenolic OH excluding ortho intramolecular Hbond substituents is 2. The Bertz CT molecular complexity index is 449. The van der Waals surface area contributed by atoms with Crippen molar-refractivity contribution < 1.29 is 10.2 Å². The molecule has 0 amide bonds. The Balaban J connectivity index is 2.77. The summed E-state index contributed by atoms with van der Waals surface area (Å²) in [5, 5.41) is 19.7. The van der Waals surface area contributed by atoms with Crippen molar-refractivity contribution in [1.29, 1.82) is 0 Å². The molecule has 2 N–H and O–H groups in total. The molecule has 0 aliphatic rings. The first-order valence-electron chi connectivity index (χ1n) is 4.56. The van der Waals surface area contributed by atoms with E-state index in [-0.39, 0.29) is 11.5 Å². The summed E-state index contributed by atoms with van der Waals surface area (Å²) in [7, 11) is 0. The van der Waals surface area contributed by atoms with E-state index in [2.05, 4.69) is 31.9 Å². The number of phenols is 2. The molecule has 0 saturated carbocycles. The van der Waals surface area contributed by atoms with Gasteiger partial charge in [-0.3, -0.25) is 0 Å². The van der Waals surface area contributed by atoms with E-state index in [1.165, 1.54) is 0 Å². The van der Waals surface area contributed by atoms with Crippen LogP contribution in [0.1, 0.15) is 0 Å². The van der Waals surface area contributed by atoms with Gasteiger partial charge in [0.05, 0.1) is 0 Å². The first-order chi connectivity index (χ1) is 7.61. The molecule has 0 atom stereocenters. The Labute approximate surface area is 110 Å². The number of benzene rings is 2. The summed E-state index contributed by atoms with van der Waals surface area (Å²) in [4.78, 5) is 0. The van der Waals surface area contributed by atoms with Crippen LogP contribution in [0.5, 0.6) is 11.5 Å². The predicted octanol–water partition coefficient (Wildman–Crippen LogP) is 4.29. The third kappa shape index (κ3) is 1.95. The van der Waals surface area contributed by atoms with E-state index in [1.54, 1.807) is 24.3 Å². The van der Waals surface area contributed by atoms with Gasteiger partial charge in [-0.2, -0.15) is 0 Å². The van der Waals surface area contributed by atoms with E-state index in [0.717, 1.165) is 8.95 Å². The third-order valence-corrected chi connectivity index (χ3v) is 3.55. The zero-order valence-electron chi connectivity index (χ0n) is 8.11. The van der Waals surface area contributed by atoms with Crippen molar-refractivity contribution in [2.45, 2.75) is 0 Å². The van der Waals surface area contributed by atoms with E-state index in [4.69, 9.17) is 0 Å². The Morgan fingerprint density at radius 2 is 1.06 bits per heavy atom. The Morgan fingerprint density at radius 1 is 0.688 bits per heavy atom. The highest BCUT2D eigenvalue weighted by Crippen LogP contribution is 2.43. The van der Waals surface area contributed by atoms with Gasteiger partial charge in [0.2, 0.25) is 0 Å². The lowest BCUT2D eigenvalue weighted by molar-refractivity contribution is 0.468. The van der Waals surface area contributed by atoms with Crippen LogP contribution >= 0.6 is 31.9 Å². The monoisotopic (exact) mass is 342 g/mol. The topological polar surface area (TPSA) is 40.5 Å². The Kier molecular flexibility index (Phi) is 3.21. The normalized spacial score (nSPS) is 10.4. The van der Waals surface area contributed by atoms with Crippen LogP contribution in [0.2, 0.25) is 0 Å². The number of hydrogen-bond acceptors (Lipinski definition) is 2. The zero-order valence-corrected chi connectivity index (χ0v) is 11.3. The first-order valence-corrected chi connectivity index (χ1v) is 6.15. The predicted molar refractivity (Wildman–Crippen MR) is 70.6 cm³/mol. The molecule has 2 aromatic rings. The quantitative estimate of drug-likeness (QED) is 0.810. The molecule has 0 radical (unpaired) electrons. The minimum Gasteiger partial charge on any atom is -0.507 e. The minimum absolute atomic E-state index is 0.122. The van der Waals surface area contributed by atoms with Crippen molar-refractivity contribution in [3.8, 4) is 22.6 Å². The molecule has 82 valence electrons. The van der Waals surface area contributed by atoms with Gasteiger partial charge in [-0.15, -0.1) is 0 Å². The van der Waals surface area contributed by atoms with Crippen molar-refractivity contribution in [1.82, 2.24) is 0 Å². The molecule has 0 unspecified atom stereocenters. The van der Waals surface area contributed by atoms with Gasteiger partial charge < -0.3 is 10.2 Å². The summed E-state index contributed by atoms with van der Waals surface area (Å²) in [5.41, 5.74) is 1.15.